The molecule has 0 bridgehead atoms. The van der Waals surface area contributed by atoms with Gasteiger partial charge in [0, 0.05) is 43.1 Å². The number of anilines is 1. The maximum atomic E-state index is 12.7. The number of hydrogen-bond acceptors (Lipinski definition) is 6. The molecule has 186 valence electrons. The summed E-state index contributed by atoms with van der Waals surface area (Å²) in [5.74, 6) is -1.91. The van der Waals surface area contributed by atoms with Gasteiger partial charge in [0.05, 0.1) is 21.7 Å². The summed E-state index contributed by atoms with van der Waals surface area (Å²) in [6.07, 6.45) is 6.98. The molecule has 0 spiro atoms. The van der Waals surface area contributed by atoms with E-state index < -0.39 is 24.0 Å². The fourth-order valence-electron chi connectivity index (χ4n) is 4.22. The van der Waals surface area contributed by atoms with E-state index in [4.69, 9.17) is 23.2 Å². The van der Waals surface area contributed by atoms with Crippen molar-refractivity contribution in [3.63, 3.8) is 0 Å². The van der Waals surface area contributed by atoms with Gasteiger partial charge in [0.2, 0.25) is 5.91 Å². The fourth-order valence-corrected chi connectivity index (χ4v) is 4.76. The van der Waals surface area contributed by atoms with E-state index in [9.17, 15) is 19.5 Å². The molecule has 11 heteroatoms. The molecule has 35 heavy (non-hydrogen) atoms. The van der Waals surface area contributed by atoms with E-state index in [0.717, 1.165) is 0 Å². The number of hydrogen-bond donors (Lipinski definition) is 5. The monoisotopic (exact) mass is 519 g/mol. The lowest BCUT2D eigenvalue weighted by atomic mass is 9.92. The minimum absolute atomic E-state index is 0.105. The van der Waals surface area contributed by atoms with Gasteiger partial charge in [-0.05, 0) is 37.0 Å². The smallest absolute Gasteiger partial charge is 0.326 e. The summed E-state index contributed by atoms with van der Waals surface area (Å²) in [6.45, 7) is 0.690. The first-order valence-corrected chi connectivity index (χ1v) is 12.3. The number of pyridine rings is 1. The number of carboxylic acids is 1. The highest BCUT2D eigenvalue weighted by Gasteiger charge is 2.33. The van der Waals surface area contributed by atoms with Crippen molar-refractivity contribution in [1.82, 2.24) is 20.9 Å². The number of benzene rings is 1. The van der Waals surface area contributed by atoms with Crippen molar-refractivity contribution in [2.45, 2.75) is 56.3 Å². The van der Waals surface area contributed by atoms with Gasteiger partial charge in [0.25, 0.3) is 5.91 Å². The zero-order chi connectivity index (χ0) is 24.9. The molecule has 2 amide bonds. The van der Waals surface area contributed by atoms with Crippen molar-refractivity contribution in [3.05, 3.63) is 57.8 Å². The number of aliphatic carboxylic acids is 1. The molecule has 1 aromatic carbocycles. The van der Waals surface area contributed by atoms with E-state index in [1.54, 1.807) is 24.3 Å². The Morgan fingerprint density at radius 2 is 1.77 bits per heavy atom. The molecule has 2 aliphatic rings. The van der Waals surface area contributed by atoms with E-state index in [0.29, 0.717) is 30.3 Å². The van der Waals surface area contributed by atoms with E-state index in [-0.39, 0.29) is 34.0 Å². The van der Waals surface area contributed by atoms with Crippen LogP contribution in [0.4, 0.5) is 5.69 Å². The van der Waals surface area contributed by atoms with Crippen LogP contribution in [0.1, 0.15) is 41.6 Å². The number of nitrogens with zero attached hydrogens (tertiary/aromatic N) is 1. The first kappa shape index (κ1) is 25.4. The van der Waals surface area contributed by atoms with Crippen molar-refractivity contribution in [2.75, 3.05) is 11.9 Å². The summed E-state index contributed by atoms with van der Waals surface area (Å²) in [4.78, 5) is 40.8. The van der Waals surface area contributed by atoms with Crippen molar-refractivity contribution in [2.24, 2.45) is 0 Å². The van der Waals surface area contributed by atoms with Crippen LogP contribution in [0, 0.1) is 0 Å². The van der Waals surface area contributed by atoms with Crippen LogP contribution in [0.2, 0.25) is 10.0 Å². The second-order valence-corrected chi connectivity index (χ2v) is 9.74. The van der Waals surface area contributed by atoms with Gasteiger partial charge in [-0.25, -0.2) is 4.79 Å². The van der Waals surface area contributed by atoms with Crippen LogP contribution in [-0.2, 0) is 16.0 Å². The second kappa shape index (κ2) is 11.3. The van der Waals surface area contributed by atoms with Crippen LogP contribution < -0.4 is 21.3 Å². The average molecular weight is 520 g/mol. The summed E-state index contributed by atoms with van der Waals surface area (Å²) in [5, 5.41) is 22.0. The average Bonchev–Trinajstić information content (AvgIpc) is 3.26. The third kappa shape index (κ3) is 6.49. The minimum Gasteiger partial charge on any atom is -0.480 e. The lowest BCUT2D eigenvalue weighted by molar-refractivity contribution is -0.142. The highest BCUT2D eigenvalue weighted by atomic mass is 35.5. The minimum atomic E-state index is -1.11. The van der Waals surface area contributed by atoms with Crippen LogP contribution in [0.15, 0.2) is 36.7 Å². The maximum Gasteiger partial charge on any atom is 0.326 e. The van der Waals surface area contributed by atoms with E-state index in [1.807, 2.05) is 0 Å². The second-order valence-electron chi connectivity index (χ2n) is 8.92. The molecule has 1 aliphatic heterocycles. The molecule has 1 saturated heterocycles. The largest absolute Gasteiger partial charge is 0.480 e. The van der Waals surface area contributed by atoms with Crippen LogP contribution in [0.25, 0.3) is 0 Å². The SMILES string of the molecule is O=C(Nc1ccc(C[C@H](NC(=O)C2C[C@@H](NC3CCC3)CN2)C(=O)O)cc1)c1c(Cl)cncc1Cl. The van der Waals surface area contributed by atoms with Gasteiger partial charge in [-0.1, -0.05) is 41.8 Å². The fraction of sp³-hybridized carbons (Fsp3) is 0.417. The van der Waals surface area contributed by atoms with E-state index in [1.165, 1.54) is 31.7 Å². The Morgan fingerprint density at radius 1 is 1.09 bits per heavy atom. The van der Waals surface area contributed by atoms with Gasteiger partial charge in [-0.2, -0.15) is 0 Å². The van der Waals surface area contributed by atoms with Gasteiger partial charge in [0.1, 0.15) is 6.04 Å². The molecule has 9 nitrogen and oxygen atoms in total. The molecule has 2 aromatic rings. The van der Waals surface area contributed by atoms with Crippen LogP contribution >= 0.6 is 23.2 Å². The van der Waals surface area contributed by atoms with E-state index in [2.05, 4.69) is 26.3 Å². The van der Waals surface area contributed by atoms with Gasteiger partial charge < -0.3 is 26.4 Å². The first-order valence-electron chi connectivity index (χ1n) is 11.5. The topological polar surface area (TPSA) is 132 Å². The number of carboxylic acid groups (broad SMARTS) is 1. The Bertz CT molecular complexity index is 1070. The molecule has 2 heterocycles. The predicted octanol–water partition coefficient (Wildman–Crippen LogP) is 2.63. The van der Waals surface area contributed by atoms with Gasteiger partial charge >= 0.3 is 5.97 Å². The number of halogens is 2. The molecule has 1 aliphatic carbocycles. The molecular weight excluding hydrogens is 493 g/mol. The zero-order valence-electron chi connectivity index (χ0n) is 18.9. The normalized spacial score (nSPS) is 20.6. The zero-order valence-corrected chi connectivity index (χ0v) is 20.4. The number of aromatic nitrogens is 1. The first-order chi connectivity index (χ1) is 16.8. The standard InChI is InChI=1S/C24H27Cl2N5O4/c25-17-11-27-12-18(26)21(17)23(33)30-15-6-4-13(5-7-15)8-20(24(34)35)31-22(32)19-9-16(10-28-19)29-14-2-1-3-14/h4-7,11-12,14,16,19-20,28-29H,1-3,8-10H2,(H,30,33)(H,31,32)(H,34,35)/t16-,19?,20+/m1/s1. The molecular formula is C24H27Cl2N5O4. The Hall–Kier alpha value is -2.72. The summed E-state index contributed by atoms with van der Waals surface area (Å²) in [5.41, 5.74) is 1.30. The number of carbonyl (C=O) groups is 3. The van der Waals surface area contributed by atoms with Crippen molar-refractivity contribution < 1.29 is 19.5 Å². The van der Waals surface area contributed by atoms with Crippen LogP contribution in [0.3, 0.4) is 0 Å². The lowest BCUT2D eigenvalue weighted by Gasteiger charge is -2.29. The van der Waals surface area contributed by atoms with Crippen molar-refractivity contribution >= 4 is 46.7 Å². The summed E-state index contributed by atoms with van der Waals surface area (Å²) in [7, 11) is 0. The predicted molar refractivity (Wildman–Crippen MR) is 133 cm³/mol. The molecule has 1 aromatic heterocycles. The Morgan fingerprint density at radius 3 is 2.37 bits per heavy atom. The van der Waals surface area contributed by atoms with Crippen molar-refractivity contribution in [3.8, 4) is 0 Å². The Kier molecular flexibility index (Phi) is 8.22. The molecule has 1 unspecified atom stereocenters. The summed E-state index contributed by atoms with van der Waals surface area (Å²) < 4.78 is 0. The molecule has 5 N–H and O–H groups in total. The Labute approximate surface area is 213 Å². The highest BCUT2D eigenvalue weighted by Crippen LogP contribution is 2.24. The van der Waals surface area contributed by atoms with Gasteiger partial charge in [-0.3, -0.25) is 14.6 Å². The van der Waals surface area contributed by atoms with Crippen molar-refractivity contribution in [1.29, 1.82) is 0 Å². The number of rotatable bonds is 9. The number of carbonyl (C=O) groups excluding carboxylic acids is 2. The maximum absolute atomic E-state index is 12.7. The van der Waals surface area contributed by atoms with E-state index >= 15 is 0 Å². The van der Waals surface area contributed by atoms with Crippen LogP contribution in [0.5, 0.6) is 0 Å². The van der Waals surface area contributed by atoms with Gasteiger partial charge in [0.15, 0.2) is 0 Å². The molecule has 2 fully saturated rings. The molecule has 4 rings (SSSR count). The third-order valence-electron chi connectivity index (χ3n) is 6.37. The summed E-state index contributed by atoms with van der Waals surface area (Å²) in [6, 6.07) is 5.94. The molecule has 3 atom stereocenters. The lowest BCUT2D eigenvalue weighted by Crippen LogP contribution is -2.49. The molecule has 0 radical (unpaired) electrons. The quantitative estimate of drug-likeness (QED) is 0.344. The van der Waals surface area contributed by atoms with Crippen LogP contribution in [-0.4, -0.2) is 58.6 Å². The number of amides is 2. The summed E-state index contributed by atoms with van der Waals surface area (Å²) >= 11 is 12.0. The number of nitrogens with one attached hydrogen (secondary N) is 4. The molecule has 1 saturated carbocycles. The third-order valence-corrected chi connectivity index (χ3v) is 6.94. The highest BCUT2D eigenvalue weighted by molar-refractivity contribution is 6.40. The Balaban J connectivity index is 1.31. The van der Waals surface area contributed by atoms with Gasteiger partial charge in [-0.15, -0.1) is 0 Å².